The van der Waals surface area contributed by atoms with Gasteiger partial charge in [0.05, 0.1) is 7.18 Å². The number of nitrogens with zero attached hydrogens (tertiary/aromatic N) is 2. The summed E-state index contributed by atoms with van der Waals surface area (Å²) in [7, 11) is 0.500. The monoisotopic (exact) mass is 854 g/mol. The van der Waals surface area contributed by atoms with Crippen LogP contribution in [0.15, 0.2) is 89.7 Å². The summed E-state index contributed by atoms with van der Waals surface area (Å²) >= 11 is 0. The summed E-state index contributed by atoms with van der Waals surface area (Å²) in [5, 5.41) is 5.13. The fourth-order valence-corrected chi connectivity index (χ4v) is 6.92. The van der Waals surface area contributed by atoms with Gasteiger partial charge in [0.1, 0.15) is 5.82 Å². The van der Waals surface area contributed by atoms with Crippen molar-refractivity contribution in [3.8, 4) is 11.1 Å². The first-order valence-electron chi connectivity index (χ1n) is 16.7. The molecule has 0 spiro atoms. The van der Waals surface area contributed by atoms with Crippen molar-refractivity contribution in [1.29, 1.82) is 0 Å². The van der Waals surface area contributed by atoms with E-state index in [0.717, 1.165) is 62.5 Å². The van der Waals surface area contributed by atoms with E-state index in [1.807, 2.05) is 32.9 Å². The molecule has 0 aliphatic carbocycles. The Morgan fingerprint density at radius 3 is 1.92 bits per heavy atom. The number of allylic oxidation sites excluding steroid dienone is 1. The smallest absolute Gasteiger partial charge is 0.678 e. The van der Waals surface area contributed by atoms with E-state index in [1.165, 1.54) is 40.5 Å². The summed E-state index contributed by atoms with van der Waals surface area (Å²) in [6, 6.07) is 18.0. The summed E-state index contributed by atoms with van der Waals surface area (Å²) in [4.78, 5) is 5.05. The predicted octanol–water partition coefficient (Wildman–Crippen LogP) is 12.8. The maximum Gasteiger partial charge on any atom is 2.00 e. The molecule has 0 amide bonds. The molecule has 1 aliphatic rings. The first kappa shape index (κ1) is 42.5. The third-order valence-corrected chi connectivity index (χ3v) is 8.75. The van der Waals surface area contributed by atoms with E-state index in [4.69, 9.17) is 10.3 Å². The second-order valence-electron chi connectivity index (χ2n) is 13.3. The van der Waals surface area contributed by atoms with Crippen molar-refractivity contribution in [2.45, 2.75) is 88.1 Å². The summed E-state index contributed by atoms with van der Waals surface area (Å²) in [5.74, 6) is 0.335. The summed E-state index contributed by atoms with van der Waals surface area (Å²) in [5.41, 5.74) is 15.5. The van der Waals surface area contributed by atoms with E-state index in [1.54, 1.807) is 18.2 Å². The molecular formula is C43H50F4N2W. The van der Waals surface area contributed by atoms with Crippen LogP contribution in [-0.2, 0) is 27.5 Å². The average Bonchev–Trinajstić information content (AvgIpc) is 3.49. The number of alkyl halides is 3. The number of aryl methyl sites for hydroxylation is 4. The number of aromatic nitrogens is 1. The van der Waals surface area contributed by atoms with Crippen LogP contribution in [0.25, 0.3) is 22.0 Å². The van der Waals surface area contributed by atoms with Crippen molar-refractivity contribution in [1.82, 2.24) is 4.98 Å². The van der Waals surface area contributed by atoms with Gasteiger partial charge in [0.2, 0.25) is 0 Å². The molecule has 1 unspecified atom stereocenters. The number of rotatable bonds is 7. The van der Waals surface area contributed by atoms with Crippen LogP contribution in [0.4, 0.5) is 17.6 Å². The average molecular weight is 855 g/mol. The Balaban J connectivity index is 0.000000456. The Morgan fingerprint density at radius 1 is 0.880 bits per heavy atom. The van der Waals surface area contributed by atoms with Crippen LogP contribution in [0.5, 0.6) is 0 Å². The maximum atomic E-state index is 14.8. The summed E-state index contributed by atoms with van der Waals surface area (Å²) < 4.78 is 48.6. The quantitative estimate of drug-likeness (QED) is 0.170. The molecule has 3 aromatic carbocycles. The van der Waals surface area contributed by atoms with E-state index < -0.39 is 6.43 Å². The molecule has 0 bridgehead atoms. The molecule has 4 aromatic rings. The number of hydrogen-bond donors (Lipinski definition) is 0. The second-order valence-corrected chi connectivity index (χ2v) is 13.3. The Bertz CT molecular complexity index is 1820. The zero-order chi connectivity index (χ0) is 36.7. The van der Waals surface area contributed by atoms with Gasteiger partial charge in [-0.15, -0.1) is 11.4 Å². The van der Waals surface area contributed by atoms with Crippen molar-refractivity contribution in [3.63, 3.8) is 0 Å². The molecule has 2 nitrogen and oxygen atoms in total. The normalized spacial score (nSPS) is 14.8. The minimum atomic E-state index is -2.35. The van der Waals surface area contributed by atoms with Gasteiger partial charge in [-0.05, 0) is 93.3 Å². The number of halogens is 4. The third kappa shape index (κ3) is 9.57. The zero-order valence-electron chi connectivity index (χ0n) is 31.2. The molecule has 0 fully saturated rings. The summed E-state index contributed by atoms with van der Waals surface area (Å²) in [6.07, 6.45) is -1.41. The molecule has 0 N–H and O–H groups in total. The Labute approximate surface area is 311 Å². The maximum absolute atomic E-state index is 14.8. The fourth-order valence-electron chi connectivity index (χ4n) is 6.92. The molecule has 0 saturated carbocycles. The topological polar surface area (TPSA) is 28.2 Å². The van der Waals surface area contributed by atoms with Crippen LogP contribution in [-0.4, -0.2) is 13.2 Å². The predicted molar refractivity (Wildman–Crippen MR) is 199 cm³/mol. The van der Waals surface area contributed by atoms with Crippen LogP contribution in [0.3, 0.4) is 0 Å². The van der Waals surface area contributed by atoms with E-state index in [-0.39, 0.29) is 38.5 Å². The van der Waals surface area contributed by atoms with Gasteiger partial charge in [-0.25, -0.2) is 13.2 Å². The summed E-state index contributed by atoms with van der Waals surface area (Å²) in [6.45, 7) is 25.2. The van der Waals surface area contributed by atoms with E-state index in [9.17, 15) is 17.6 Å². The SMILES string of the molecule is C=C(C)C1=C(C)/C(=C(/c2[n-]c(C)c(-c3ccccc3F)c2C)c2c(C)cc(C)cc2C)[N-]C1C.CC(C)Cc1ccc(C(F)F)cc1.CF.[W+2]. The van der Waals surface area contributed by atoms with E-state index in [0.29, 0.717) is 18.7 Å². The minimum absolute atomic E-state index is 0. The Morgan fingerprint density at radius 2 is 1.44 bits per heavy atom. The van der Waals surface area contributed by atoms with Crippen LogP contribution in [0.2, 0.25) is 0 Å². The van der Waals surface area contributed by atoms with Gasteiger partial charge >= 0.3 is 21.1 Å². The van der Waals surface area contributed by atoms with Crippen LogP contribution in [0, 0.1) is 46.4 Å². The van der Waals surface area contributed by atoms with Crippen molar-refractivity contribution in [2.24, 2.45) is 5.92 Å². The molecule has 7 heteroatoms. The van der Waals surface area contributed by atoms with Crippen molar-refractivity contribution in [3.05, 3.63) is 151 Å². The molecule has 50 heavy (non-hydrogen) atoms. The molecule has 0 saturated heterocycles. The number of benzene rings is 3. The first-order chi connectivity index (χ1) is 23.1. The van der Waals surface area contributed by atoms with E-state index >= 15 is 0 Å². The van der Waals surface area contributed by atoms with Gasteiger partial charge in [-0.2, -0.15) is 5.69 Å². The van der Waals surface area contributed by atoms with Crippen LogP contribution < -0.4 is 4.98 Å². The minimum Gasteiger partial charge on any atom is -0.678 e. The fraction of sp³-hybridized carbons (Fsp3) is 0.349. The largest absolute Gasteiger partial charge is 2.00 e. The van der Waals surface area contributed by atoms with Gasteiger partial charge < -0.3 is 10.3 Å². The van der Waals surface area contributed by atoms with Gasteiger partial charge in [0.25, 0.3) is 6.43 Å². The molecule has 1 atom stereocenters. The van der Waals surface area contributed by atoms with Gasteiger partial charge in [-0.3, -0.25) is 4.39 Å². The van der Waals surface area contributed by atoms with Crippen LogP contribution >= 0.6 is 0 Å². The Hall–Kier alpha value is -3.63. The second kappa shape index (κ2) is 18.6. The van der Waals surface area contributed by atoms with Gasteiger partial charge in [0.15, 0.2) is 0 Å². The molecule has 2 heterocycles. The molecule has 0 radical (unpaired) electrons. The van der Waals surface area contributed by atoms with E-state index in [2.05, 4.69) is 67.2 Å². The molecule has 5 rings (SSSR count). The van der Waals surface area contributed by atoms with Crippen molar-refractivity contribution >= 4 is 5.57 Å². The third-order valence-electron chi connectivity index (χ3n) is 8.75. The van der Waals surface area contributed by atoms with Gasteiger partial charge in [-0.1, -0.05) is 123 Å². The van der Waals surface area contributed by atoms with Crippen LogP contribution in [0.1, 0.15) is 91.4 Å². The first-order valence-corrected chi connectivity index (χ1v) is 16.7. The Kier molecular flexibility index (Phi) is 15.8. The van der Waals surface area contributed by atoms with Crippen molar-refractivity contribution in [2.75, 3.05) is 7.18 Å². The number of hydrogen-bond acceptors (Lipinski definition) is 0. The molecule has 1 aliphatic heterocycles. The van der Waals surface area contributed by atoms with Crippen molar-refractivity contribution < 1.29 is 38.6 Å². The standard InChI is InChI=1S/C31H33FN2.C11H14F2.CH3F.W/c1-16(2)26-20(6)30(33-22(26)8)29(27-18(4)14-17(3)15-19(27)5)31-21(7)28(23(9)34-31)24-12-10-11-13-25(24)32;1-8(2)7-9-3-5-10(6-4-9)11(12)13;1-2;/h10-15,22H,1H2,2-9H3;3-6,8,11H,7H2,1-2H3;1H3;/q-2;;;+2/b30-29-;;;. The molecule has 266 valence electrons. The molecule has 1 aromatic heterocycles. The van der Waals surface area contributed by atoms with Gasteiger partial charge in [0, 0.05) is 11.1 Å². The zero-order valence-corrected chi connectivity index (χ0v) is 34.2. The molecular weight excluding hydrogens is 804 g/mol.